The third-order valence-electron chi connectivity index (χ3n) is 7.58. The highest BCUT2D eigenvalue weighted by Crippen LogP contribution is 2.38. The van der Waals surface area contributed by atoms with Gasteiger partial charge in [0.15, 0.2) is 0 Å². The van der Waals surface area contributed by atoms with Crippen molar-refractivity contribution in [1.29, 1.82) is 0 Å². The van der Waals surface area contributed by atoms with Crippen LogP contribution in [0, 0.1) is 0 Å². The quantitative estimate of drug-likeness (QED) is 0.565. The number of carbonyl (C=O) groups excluding carboxylic acids is 2. The van der Waals surface area contributed by atoms with E-state index in [-0.39, 0.29) is 16.7 Å². The Labute approximate surface area is 223 Å². The lowest BCUT2D eigenvalue weighted by Crippen LogP contribution is -2.35. The summed E-state index contributed by atoms with van der Waals surface area (Å²) >= 11 is 1.50. The minimum Gasteiger partial charge on any atom is -0.339 e. The van der Waals surface area contributed by atoms with Crippen molar-refractivity contribution in [2.24, 2.45) is 0 Å². The Morgan fingerprint density at radius 3 is 2.30 bits per heavy atom. The van der Waals surface area contributed by atoms with Crippen LogP contribution in [0.4, 0.5) is 5.00 Å². The number of piperidine rings is 1. The van der Waals surface area contributed by atoms with Crippen molar-refractivity contribution >= 4 is 38.2 Å². The molecule has 2 aromatic rings. The summed E-state index contributed by atoms with van der Waals surface area (Å²) in [6.07, 6.45) is 6.70. The van der Waals surface area contributed by atoms with Gasteiger partial charge in [-0.25, -0.2) is 8.42 Å². The van der Waals surface area contributed by atoms with Crippen LogP contribution in [-0.4, -0.2) is 73.6 Å². The fraction of sp³-hybridized carbons (Fsp3) is 0.556. The monoisotopic (exact) mass is 544 g/mol. The molecule has 4 heterocycles. The third-order valence-corrected chi connectivity index (χ3v) is 10.6. The first-order valence-electron chi connectivity index (χ1n) is 13.5. The lowest BCUT2D eigenvalue weighted by molar-refractivity contribution is 0.0792. The van der Waals surface area contributed by atoms with E-state index in [2.05, 4.69) is 17.1 Å². The van der Waals surface area contributed by atoms with E-state index < -0.39 is 10.0 Å². The van der Waals surface area contributed by atoms with Crippen molar-refractivity contribution in [2.45, 2.75) is 63.3 Å². The fourth-order valence-electron chi connectivity index (χ4n) is 5.56. The van der Waals surface area contributed by atoms with Gasteiger partial charge in [0, 0.05) is 49.7 Å². The molecule has 0 radical (unpaired) electrons. The Bertz CT molecular complexity index is 1240. The number of likely N-dealkylation sites (tertiary alicyclic amines) is 1. The third kappa shape index (κ3) is 5.48. The maximum absolute atomic E-state index is 13.5. The maximum Gasteiger partial charge on any atom is 0.257 e. The first kappa shape index (κ1) is 26.3. The number of nitrogens with zero attached hydrogens (tertiary/aromatic N) is 3. The minimum atomic E-state index is -3.55. The van der Waals surface area contributed by atoms with Gasteiger partial charge >= 0.3 is 0 Å². The molecule has 1 aromatic carbocycles. The summed E-state index contributed by atoms with van der Waals surface area (Å²) in [5.74, 6) is -0.321. The van der Waals surface area contributed by atoms with Gasteiger partial charge < -0.3 is 10.2 Å². The molecule has 1 aromatic heterocycles. The number of hydrogen-bond acceptors (Lipinski definition) is 6. The van der Waals surface area contributed by atoms with E-state index in [4.69, 9.17) is 0 Å². The second-order valence-electron chi connectivity index (χ2n) is 10.2. The molecule has 2 saturated heterocycles. The second-order valence-corrected chi connectivity index (χ2v) is 13.2. The minimum absolute atomic E-state index is 0.0113. The fourth-order valence-corrected chi connectivity index (χ4v) is 8.36. The summed E-state index contributed by atoms with van der Waals surface area (Å²) in [6.45, 7) is 7.49. The van der Waals surface area contributed by atoms with Crippen molar-refractivity contribution in [1.82, 2.24) is 14.1 Å². The SMILES string of the molecule is CCCN1CCc2c(sc(NC(=O)c3ccc(S(=O)(=O)N4CCCCC4)cc3)c2C(=O)N2CCCC2)C1. The number of hydrogen-bond donors (Lipinski definition) is 1. The van der Waals surface area contributed by atoms with Gasteiger partial charge in [-0.3, -0.25) is 14.5 Å². The van der Waals surface area contributed by atoms with Crippen LogP contribution in [0.2, 0.25) is 0 Å². The zero-order valence-electron chi connectivity index (χ0n) is 21.5. The molecule has 1 N–H and O–H groups in total. The molecule has 0 saturated carbocycles. The van der Waals surface area contributed by atoms with Gasteiger partial charge in [0.05, 0.1) is 10.5 Å². The molecule has 0 spiro atoms. The number of nitrogens with one attached hydrogen (secondary N) is 1. The number of thiophene rings is 1. The summed E-state index contributed by atoms with van der Waals surface area (Å²) in [5, 5.41) is 3.62. The molecule has 8 nitrogen and oxygen atoms in total. The van der Waals surface area contributed by atoms with Crippen LogP contribution in [0.5, 0.6) is 0 Å². The van der Waals surface area contributed by atoms with Gasteiger partial charge in [-0.2, -0.15) is 4.31 Å². The molecule has 0 aliphatic carbocycles. The Morgan fingerprint density at radius 2 is 1.62 bits per heavy atom. The van der Waals surface area contributed by atoms with E-state index in [1.165, 1.54) is 27.8 Å². The van der Waals surface area contributed by atoms with Crippen LogP contribution in [0.25, 0.3) is 0 Å². The van der Waals surface area contributed by atoms with Gasteiger partial charge in [0.2, 0.25) is 10.0 Å². The Morgan fingerprint density at radius 1 is 0.946 bits per heavy atom. The summed E-state index contributed by atoms with van der Waals surface area (Å²) in [6, 6.07) is 6.14. The van der Waals surface area contributed by atoms with Crippen molar-refractivity contribution in [3.63, 3.8) is 0 Å². The van der Waals surface area contributed by atoms with E-state index in [0.717, 1.165) is 88.1 Å². The summed E-state index contributed by atoms with van der Waals surface area (Å²) in [5.41, 5.74) is 2.10. The number of anilines is 1. The Kier molecular flexibility index (Phi) is 7.99. The van der Waals surface area contributed by atoms with Crippen molar-refractivity contribution in [3.05, 3.63) is 45.8 Å². The van der Waals surface area contributed by atoms with Gasteiger partial charge in [-0.1, -0.05) is 13.3 Å². The molecule has 3 aliphatic rings. The largest absolute Gasteiger partial charge is 0.339 e. The van der Waals surface area contributed by atoms with Crippen LogP contribution >= 0.6 is 11.3 Å². The van der Waals surface area contributed by atoms with Crippen molar-refractivity contribution in [3.8, 4) is 0 Å². The van der Waals surface area contributed by atoms with E-state index in [1.54, 1.807) is 12.1 Å². The molecule has 37 heavy (non-hydrogen) atoms. The molecular weight excluding hydrogens is 508 g/mol. The topological polar surface area (TPSA) is 90.0 Å². The van der Waals surface area contributed by atoms with Crippen LogP contribution < -0.4 is 5.32 Å². The van der Waals surface area contributed by atoms with Gasteiger partial charge in [-0.05, 0) is 74.9 Å². The Hall–Kier alpha value is -2.27. The number of carbonyl (C=O) groups is 2. The summed E-state index contributed by atoms with van der Waals surface area (Å²) in [4.78, 5) is 32.4. The molecule has 0 unspecified atom stereocenters. The maximum atomic E-state index is 13.5. The number of sulfonamides is 1. The van der Waals surface area contributed by atoms with E-state index in [1.807, 2.05) is 4.90 Å². The zero-order chi connectivity index (χ0) is 26.0. The average Bonchev–Trinajstić information content (AvgIpc) is 3.57. The van der Waals surface area contributed by atoms with Crippen LogP contribution in [0.15, 0.2) is 29.2 Å². The number of benzene rings is 1. The van der Waals surface area contributed by atoms with Crippen LogP contribution in [0.3, 0.4) is 0 Å². The standard InChI is InChI=1S/C27H36N4O4S2/c1-2-13-29-18-12-22-23(19-29)36-26(24(22)27(33)30-14-6-7-15-30)28-25(32)20-8-10-21(11-9-20)37(34,35)31-16-4-3-5-17-31/h8-11H,2-7,12-19H2,1H3,(H,28,32). The lowest BCUT2D eigenvalue weighted by atomic mass is 10.0. The highest BCUT2D eigenvalue weighted by atomic mass is 32.2. The molecule has 2 amide bonds. The number of fused-ring (bicyclic) bond motifs is 1. The van der Waals surface area contributed by atoms with Gasteiger partial charge in [-0.15, -0.1) is 11.3 Å². The van der Waals surface area contributed by atoms with E-state index in [9.17, 15) is 18.0 Å². The molecule has 0 atom stereocenters. The first-order chi connectivity index (χ1) is 17.9. The molecule has 5 rings (SSSR count). The highest BCUT2D eigenvalue weighted by molar-refractivity contribution is 7.89. The molecule has 0 bridgehead atoms. The van der Waals surface area contributed by atoms with Crippen LogP contribution in [-0.2, 0) is 23.0 Å². The summed E-state index contributed by atoms with van der Waals surface area (Å²) < 4.78 is 27.5. The zero-order valence-corrected chi connectivity index (χ0v) is 23.1. The van der Waals surface area contributed by atoms with Crippen molar-refractivity contribution < 1.29 is 18.0 Å². The van der Waals surface area contributed by atoms with Gasteiger partial charge in [0.25, 0.3) is 11.8 Å². The lowest BCUT2D eigenvalue weighted by Gasteiger charge is -2.27. The van der Waals surface area contributed by atoms with Gasteiger partial charge in [0.1, 0.15) is 5.00 Å². The number of rotatable bonds is 7. The Balaban J connectivity index is 1.38. The molecule has 3 aliphatic heterocycles. The first-order valence-corrected chi connectivity index (χ1v) is 15.7. The smallest absolute Gasteiger partial charge is 0.257 e. The van der Waals surface area contributed by atoms with E-state index in [0.29, 0.717) is 29.2 Å². The summed E-state index contributed by atoms with van der Waals surface area (Å²) in [7, 11) is -3.55. The molecular formula is C27H36N4O4S2. The van der Waals surface area contributed by atoms with Crippen LogP contribution in [0.1, 0.15) is 76.6 Å². The highest BCUT2D eigenvalue weighted by Gasteiger charge is 2.32. The normalized spacial score (nSPS) is 19.1. The predicted octanol–water partition coefficient (Wildman–Crippen LogP) is 4.18. The second kappa shape index (κ2) is 11.2. The van der Waals surface area contributed by atoms with Crippen molar-refractivity contribution in [2.75, 3.05) is 44.6 Å². The molecule has 200 valence electrons. The van der Waals surface area contributed by atoms with E-state index >= 15 is 0 Å². The molecule has 10 heteroatoms. The molecule has 2 fully saturated rings. The average molecular weight is 545 g/mol. The number of amides is 2. The predicted molar refractivity (Wildman–Crippen MR) is 146 cm³/mol.